The molecule has 0 aliphatic heterocycles. The van der Waals surface area contributed by atoms with E-state index in [0.29, 0.717) is 6.61 Å². The Labute approximate surface area is 94.7 Å². The van der Waals surface area contributed by atoms with Gasteiger partial charge in [-0.25, -0.2) is 0 Å². The molecule has 0 bridgehead atoms. The van der Waals surface area contributed by atoms with Crippen molar-refractivity contribution in [3.63, 3.8) is 0 Å². The van der Waals surface area contributed by atoms with Crippen molar-refractivity contribution in [2.75, 3.05) is 19.8 Å². The van der Waals surface area contributed by atoms with E-state index in [1.165, 1.54) is 0 Å². The summed E-state index contributed by atoms with van der Waals surface area (Å²) in [7, 11) is -0.456. The van der Waals surface area contributed by atoms with E-state index in [0.717, 1.165) is 45.3 Å². The standard InChI is InChI=1S/C11H25BO3/c1-4-7-10-14-12(13-9-6-3)15-11-8-5-2/h4-11H2,1-3H3. The topological polar surface area (TPSA) is 27.7 Å². The van der Waals surface area contributed by atoms with Gasteiger partial charge in [-0.05, 0) is 19.3 Å². The van der Waals surface area contributed by atoms with Crippen molar-refractivity contribution in [2.45, 2.75) is 52.9 Å². The summed E-state index contributed by atoms with van der Waals surface area (Å²) in [6.07, 6.45) is 5.38. The number of hydrogen-bond acceptors (Lipinski definition) is 3. The molecule has 0 aliphatic rings. The maximum atomic E-state index is 5.49. The molecule has 4 heteroatoms. The average molecular weight is 216 g/mol. The Bertz CT molecular complexity index is 112. The van der Waals surface area contributed by atoms with Crippen LogP contribution in [-0.4, -0.2) is 27.1 Å². The van der Waals surface area contributed by atoms with Crippen LogP contribution in [0.2, 0.25) is 0 Å². The van der Waals surface area contributed by atoms with Gasteiger partial charge in [-0.3, -0.25) is 0 Å². The van der Waals surface area contributed by atoms with Gasteiger partial charge in [-0.2, -0.15) is 0 Å². The summed E-state index contributed by atoms with van der Waals surface area (Å²) in [5, 5.41) is 0. The monoisotopic (exact) mass is 216 g/mol. The second-order valence-electron chi connectivity index (χ2n) is 3.61. The van der Waals surface area contributed by atoms with Crippen molar-refractivity contribution in [1.82, 2.24) is 0 Å². The van der Waals surface area contributed by atoms with Crippen molar-refractivity contribution >= 4 is 7.32 Å². The lowest BCUT2D eigenvalue weighted by Crippen LogP contribution is -2.28. The van der Waals surface area contributed by atoms with Crippen LogP contribution in [0, 0.1) is 0 Å². The van der Waals surface area contributed by atoms with E-state index in [1.54, 1.807) is 0 Å². The molecule has 0 aromatic heterocycles. The minimum Gasteiger partial charge on any atom is -0.386 e. The quantitative estimate of drug-likeness (QED) is 0.392. The van der Waals surface area contributed by atoms with E-state index in [9.17, 15) is 0 Å². The average Bonchev–Trinajstić information content (AvgIpc) is 2.25. The Balaban J connectivity index is 3.53. The highest BCUT2D eigenvalue weighted by molar-refractivity contribution is 6.36. The van der Waals surface area contributed by atoms with Gasteiger partial charge in [-0.1, -0.05) is 33.6 Å². The number of unbranched alkanes of at least 4 members (excludes halogenated alkanes) is 2. The smallest absolute Gasteiger partial charge is 0.386 e. The van der Waals surface area contributed by atoms with Crippen LogP contribution in [0.3, 0.4) is 0 Å². The second-order valence-corrected chi connectivity index (χ2v) is 3.61. The summed E-state index contributed by atoms with van der Waals surface area (Å²) in [4.78, 5) is 0. The minimum absolute atomic E-state index is 0.456. The van der Waals surface area contributed by atoms with E-state index in [-0.39, 0.29) is 0 Å². The van der Waals surface area contributed by atoms with Crippen molar-refractivity contribution in [2.24, 2.45) is 0 Å². The Hall–Kier alpha value is -0.0551. The molecule has 0 heterocycles. The summed E-state index contributed by atoms with van der Waals surface area (Å²) in [6.45, 7) is 8.50. The fraction of sp³-hybridized carbons (Fsp3) is 1.00. The molecule has 0 unspecified atom stereocenters. The normalized spacial score (nSPS) is 10.6. The third-order valence-corrected chi connectivity index (χ3v) is 1.96. The molecule has 0 spiro atoms. The van der Waals surface area contributed by atoms with Gasteiger partial charge >= 0.3 is 7.32 Å². The number of rotatable bonds is 11. The van der Waals surface area contributed by atoms with Crippen LogP contribution < -0.4 is 0 Å². The first-order valence-corrected chi connectivity index (χ1v) is 6.19. The molecular weight excluding hydrogens is 191 g/mol. The molecule has 0 aromatic rings. The maximum Gasteiger partial charge on any atom is 0.639 e. The van der Waals surface area contributed by atoms with Gasteiger partial charge in [0, 0.05) is 19.8 Å². The lowest BCUT2D eigenvalue weighted by Gasteiger charge is -2.13. The van der Waals surface area contributed by atoms with Gasteiger partial charge in [0.1, 0.15) is 0 Å². The molecule has 15 heavy (non-hydrogen) atoms. The largest absolute Gasteiger partial charge is 0.639 e. The first kappa shape index (κ1) is 14.9. The predicted molar refractivity (Wildman–Crippen MR) is 63.7 cm³/mol. The second kappa shape index (κ2) is 12.0. The van der Waals surface area contributed by atoms with E-state index in [2.05, 4.69) is 20.8 Å². The Kier molecular flexibility index (Phi) is 12.0. The molecule has 0 amide bonds. The van der Waals surface area contributed by atoms with Crippen LogP contribution in [0.5, 0.6) is 0 Å². The van der Waals surface area contributed by atoms with Crippen molar-refractivity contribution < 1.29 is 14.0 Å². The lowest BCUT2D eigenvalue weighted by atomic mass is 10.2. The van der Waals surface area contributed by atoms with Crippen molar-refractivity contribution in [1.29, 1.82) is 0 Å². The molecule has 0 saturated heterocycles. The highest BCUT2D eigenvalue weighted by atomic mass is 16.7. The van der Waals surface area contributed by atoms with E-state index in [1.807, 2.05) is 0 Å². The fourth-order valence-corrected chi connectivity index (χ4v) is 1.01. The third-order valence-electron chi connectivity index (χ3n) is 1.96. The van der Waals surface area contributed by atoms with E-state index < -0.39 is 7.32 Å². The SMILES string of the molecule is CCCCOB(OCCC)OCCCC. The van der Waals surface area contributed by atoms with Crippen molar-refractivity contribution in [3.8, 4) is 0 Å². The zero-order valence-corrected chi connectivity index (χ0v) is 10.5. The highest BCUT2D eigenvalue weighted by Crippen LogP contribution is 1.99. The first-order chi connectivity index (χ1) is 7.35. The summed E-state index contributed by atoms with van der Waals surface area (Å²) in [5.74, 6) is 0. The fourth-order valence-electron chi connectivity index (χ4n) is 1.01. The van der Waals surface area contributed by atoms with Crippen LogP contribution in [0.4, 0.5) is 0 Å². The van der Waals surface area contributed by atoms with Crippen LogP contribution in [-0.2, 0) is 14.0 Å². The molecule has 90 valence electrons. The highest BCUT2D eigenvalue weighted by Gasteiger charge is 2.19. The molecule has 0 N–H and O–H groups in total. The zero-order valence-electron chi connectivity index (χ0n) is 10.5. The Morgan fingerprint density at radius 2 is 1.13 bits per heavy atom. The van der Waals surface area contributed by atoms with Gasteiger partial charge in [0.2, 0.25) is 0 Å². The van der Waals surface area contributed by atoms with Crippen LogP contribution >= 0.6 is 0 Å². The van der Waals surface area contributed by atoms with Crippen LogP contribution in [0.1, 0.15) is 52.9 Å². The zero-order chi connectivity index (χ0) is 11.4. The van der Waals surface area contributed by atoms with Gasteiger partial charge in [0.15, 0.2) is 0 Å². The van der Waals surface area contributed by atoms with Crippen molar-refractivity contribution in [3.05, 3.63) is 0 Å². The molecule has 0 aromatic carbocycles. The third kappa shape index (κ3) is 10.2. The minimum atomic E-state index is -0.456. The van der Waals surface area contributed by atoms with E-state index >= 15 is 0 Å². The van der Waals surface area contributed by atoms with E-state index in [4.69, 9.17) is 14.0 Å². The molecule has 0 saturated carbocycles. The molecule has 0 radical (unpaired) electrons. The maximum absolute atomic E-state index is 5.49. The van der Waals surface area contributed by atoms with Crippen LogP contribution in [0.15, 0.2) is 0 Å². The van der Waals surface area contributed by atoms with Gasteiger partial charge in [0.25, 0.3) is 0 Å². The molecule has 0 fully saturated rings. The summed E-state index contributed by atoms with van der Waals surface area (Å²) in [6, 6.07) is 0. The molecule has 0 atom stereocenters. The Morgan fingerprint density at radius 3 is 1.53 bits per heavy atom. The Morgan fingerprint density at radius 1 is 0.667 bits per heavy atom. The van der Waals surface area contributed by atoms with Crippen LogP contribution in [0.25, 0.3) is 0 Å². The molecule has 0 rings (SSSR count). The summed E-state index contributed by atoms with van der Waals surface area (Å²) < 4.78 is 16.4. The molecule has 0 aliphatic carbocycles. The molecule has 3 nitrogen and oxygen atoms in total. The summed E-state index contributed by atoms with van der Waals surface area (Å²) in [5.41, 5.74) is 0. The number of hydrogen-bond donors (Lipinski definition) is 0. The first-order valence-electron chi connectivity index (χ1n) is 6.19. The molecular formula is C11H25BO3. The van der Waals surface area contributed by atoms with Gasteiger partial charge < -0.3 is 14.0 Å². The van der Waals surface area contributed by atoms with Gasteiger partial charge in [0.05, 0.1) is 0 Å². The van der Waals surface area contributed by atoms with Gasteiger partial charge in [-0.15, -0.1) is 0 Å². The predicted octanol–water partition coefficient (Wildman–Crippen LogP) is 3.03. The summed E-state index contributed by atoms with van der Waals surface area (Å²) >= 11 is 0. The lowest BCUT2D eigenvalue weighted by molar-refractivity contribution is 0.0910.